The minimum atomic E-state index is -0.0786. The molecule has 4 nitrogen and oxygen atoms in total. The summed E-state index contributed by atoms with van der Waals surface area (Å²) in [6.07, 6.45) is 0. The third-order valence-electron chi connectivity index (χ3n) is 4.89. The molecule has 0 amide bonds. The number of benzene rings is 2. The molecule has 4 rings (SSSR count). The van der Waals surface area contributed by atoms with Gasteiger partial charge in [0.2, 0.25) is 0 Å². The number of thiophene rings is 1. The average molecular weight is 364 g/mol. The fourth-order valence-corrected chi connectivity index (χ4v) is 4.29. The van der Waals surface area contributed by atoms with E-state index in [-0.39, 0.29) is 5.56 Å². The van der Waals surface area contributed by atoms with Crippen LogP contribution in [0.4, 0.5) is 0 Å². The second kappa shape index (κ2) is 6.59. The molecular weight excluding hydrogens is 344 g/mol. The zero-order chi connectivity index (χ0) is 18.3. The highest BCUT2D eigenvalue weighted by Crippen LogP contribution is 2.39. The number of aromatic nitrogens is 1. The van der Waals surface area contributed by atoms with Crippen molar-refractivity contribution in [3.63, 3.8) is 0 Å². The molecule has 5 heteroatoms. The monoisotopic (exact) mass is 364 g/mol. The van der Waals surface area contributed by atoms with Crippen LogP contribution in [0.15, 0.2) is 52.6 Å². The first-order valence-electron chi connectivity index (χ1n) is 8.54. The third kappa shape index (κ3) is 2.60. The Labute approximate surface area is 155 Å². The predicted molar refractivity (Wildman–Crippen MR) is 109 cm³/mol. The van der Waals surface area contributed by atoms with Crippen LogP contribution in [-0.2, 0) is 0 Å². The minimum absolute atomic E-state index is 0.0786. The fraction of sp³-hybridized carbons (Fsp3) is 0.190. The maximum absolute atomic E-state index is 12.4. The molecule has 2 aromatic carbocycles. The van der Waals surface area contributed by atoms with Gasteiger partial charge in [0.1, 0.15) is 10.4 Å². The Morgan fingerprint density at radius 3 is 2.62 bits per heavy atom. The van der Waals surface area contributed by atoms with E-state index in [1.165, 1.54) is 16.9 Å². The Morgan fingerprint density at radius 2 is 1.92 bits per heavy atom. The average Bonchev–Trinajstić information content (AvgIpc) is 3.12. The summed E-state index contributed by atoms with van der Waals surface area (Å²) in [5.41, 5.74) is 9.92. The SMILES string of the molecule is COc1csc2c(=O)[nH]c3cccc(-c4ccc([C@@H](C)CN)cc4)c3c12. The number of aromatic amines is 1. The lowest BCUT2D eigenvalue weighted by atomic mass is 9.95. The standard InChI is InChI=1S/C21H20N2O2S/c1-12(10-22)13-6-8-14(9-7-13)15-4-3-5-16-18(15)19-17(25-2)11-26-20(19)21(24)23-16/h3-9,11-12H,10,22H2,1-2H3,(H,23,24)/t12-/m0/s1. The molecule has 0 saturated heterocycles. The number of hydrogen-bond donors (Lipinski definition) is 2. The molecule has 0 saturated carbocycles. The molecule has 132 valence electrons. The Kier molecular flexibility index (Phi) is 4.26. The van der Waals surface area contributed by atoms with Crippen molar-refractivity contribution in [2.75, 3.05) is 13.7 Å². The van der Waals surface area contributed by atoms with E-state index in [0.717, 1.165) is 33.2 Å². The number of methoxy groups -OCH3 is 1. The molecule has 1 atom stereocenters. The van der Waals surface area contributed by atoms with E-state index in [0.29, 0.717) is 17.2 Å². The number of rotatable bonds is 4. The van der Waals surface area contributed by atoms with Gasteiger partial charge in [-0.25, -0.2) is 0 Å². The van der Waals surface area contributed by atoms with Gasteiger partial charge < -0.3 is 15.5 Å². The summed E-state index contributed by atoms with van der Waals surface area (Å²) in [6, 6.07) is 14.5. The third-order valence-corrected chi connectivity index (χ3v) is 5.85. The molecule has 26 heavy (non-hydrogen) atoms. The van der Waals surface area contributed by atoms with E-state index < -0.39 is 0 Å². The van der Waals surface area contributed by atoms with E-state index in [9.17, 15) is 4.79 Å². The highest BCUT2D eigenvalue weighted by molar-refractivity contribution is 7.17. The molecule has 0 radical (unpaired) electrons. The molecule has 0 spiro atoms. The second-order valence-electron chi connectivity index (χ2n) is 6.45. The fourth-order valence-electron chi connectivity index (χ4n) is 3.37. The zero-order valence-electron chi connectivity index (χ0n) is 14.7. The van der Waals surface area contributed by atoms with Crippen LogP contribution < -0.4 is 16.0 Å². The van der Waals surface area contributed by atoms with Crippen LogP contribution >= 0.6 is 11.3 Å². The quantitative estimate of drug-likeness (QED) is 0.561. The van der Waals surface area contributed by atoms with Crippen molar-refractivity contribution in [2.24, 2.45) is 5.73 Å². The Bertz CT molecular complexity index is 1140. The summed E-state index contributed by atoms with van der Waals surface area (Å²) in [6.45, 7) is 2.75. The normalized spacial score (nSPS) is 12.6. The van der Waals surface area contributed by atoms with Crippen LogP contribution in [0.3, 0.4) is 0 Å². The van der Waals surface area contributed by atoms with Crippen LogP contribution in [-0.4, -0.2) is 18.6 Å². The van der Waals surface area contributed by atoms with E-state index >= 15 is 0 Å². The van der Waals surface area contributed by atoms with Crippen LogP contribution in [0, 0.1) is 0 Å². The Morgan fingerprint density at radius 1 is 1.15 bits per heavy atom. The number of H-pyrrole nitrogens is 1. The van der Waals surface area contributed by atoms with Gasteiger partial charge in [-0.2, -0.15) is 0 Å². The van der Waals surface area contributed by atoms with Crippen molar-refractivity contribution in [3.8, 4) is 16.9 Å². The van der Waals surface area contributed by atoms with Gasteiger partial charge >= 0.3 is 0 Å². The zero-order valence-corrected chi connectivity index (χ0v) is 15.5. The number of fused-ring (bicyclic) bond motifs is 3. The van der Waals surface area contributed by atoms with Gasteiger partial charge in [0.25, 0.3) is 5.56 Å². The minimum Gasteiger partial charge on any atom is -0.495 e. The maximum atomic E-state index is 12.4. The lowest BCUT2D eigenvalue weighted by Gasteiger charge is -2.12. The number of hydrogen-bond acceptors (Lipinski definition) is 4. The van der Waals surface area contributed by atoms with Gasteiger partial charge in [0.05, 0.1) is 12.5 Å². The Hall–Kier alpha value is -2.63. The molecule has 0 bridgehead atoms. The molecule has 0 aliphatic rings. The number of nitrogens with one attached hydrogen (secondary N) is 1. The molecule has 2 heterocycles. The molecular formula is C21H20N2O2S. The lowest BCUT2D eigenvalue weighted by Crippen LogP contribution is -2.08. The Balaban J connectivity index is 2.01. The van der Waals surface area contributed by atoms with E-state index in [4.69, 9.17) is 10.5 Å². The van der Waals surface area contributed by atoms with Crippen LogP contribution in [0.25, 0.3) is 32.1 Å². The first-order chi connectivity index (χ1) is 12.6. The second-order valence-corrected chi connectivity index (χ2v) is 7.33. The van der Waals surface area contributed by atoms with Crippen LogP contribution in [0.1, 0.15) is 18.4 Å². The van der Waals surface area contributed by atoms with Gasteiger partial charge in [0, 0.05) is 16.3 Å². The smallest absolute Gasteiger partial charge is 0.266 e. The number of pyridine rings is 1. The molecule has 0 unspecified atom stereocenters. The van der Waals surface area contributed by atoms with E-state index in [1.54, 1.807) is 7.11 Å². The van der Waals surface area contributed by atoms with Gasteiger partial charge in [0.15, 0.2) is 0 Å². The van der Waals surface area contributed by atoms with Gasteiger partial charge in [-0.05, 0) is 35.2 Å². The summed E-state index contributed by atoms with van der Waals surface area (Å²) in [5, 5.41) is 3.79. The van der Waals surface area contributed by atoms with Crippen molar-refractivity contribution < 1.29 is 4.74 Å². The summed E-state index contributed by atoms with van der Waals surface area (Å²) in [5.74, 6) is 1.07. The van der Waals surface area contributed by atoms with E-state index in [2.05, 4.69) is 42.2 Å². The molecule has 2 aromatic heterocycles. The summed E-state index contributed by atoms with van der Waals surface area (Å²) < 4.78 is 6.22. The molecule has 3 N–H and O–H groups in total. The molecule has 0 aliphatic carbocycles. The van der Waals surface area contributed by atoms with Gasteiger partial charge in [-0.1, -0.05) is 43.3 Å². The first kappa shape index (κ1) is 16.8. The summed E-state index contributed by atoms with van der Waals surface area (Å²) in [7, 11) is 1.64. The molecule has 0 fully saturated rings. The predicted octanol–water partition coefficient (Wildman–Crippen LogP) is 4.48. The van der Waals surface area contributed by atoms with Crippen LogP contribution in [0.5, 0.6) is 5.75 Å². The summed E-state index contributed by atoms with van der Waals surface area (Å²) >= 11 is 1.41. The largest absolute Gasteiger partial charge is 0.495 e. The van der Waals surface area contributed by atoms with Gasteiger partial charge in [-0.15, -0.1) is 11.3 Å². The van der Waals surface area contributed by atoms with Crippen molar-refractivity contribution in [2.45, 2.75) is 12.8 Å². The van der Waals surface area contributed by atoms with Crippen molar-refractivity contribution in [1.29, 1.82) is 0 Å². The van der Waals surface area contributed by atoms with Crippen molar-refractivity contribution in [3.05, 3.63) is 63.8 Å². The van der Waals surface area contributed by atoms with Gasteiger partial charge in [-0.3, -0.25) is 4.79 Å². The van der Waals surface area contributed by atoms with Crippen molar-refractivity contribution >= 4 is 32.3 Å². The topological polar surface area (TPSA) is 68.1 Å². The molecule has 0 aliphatic heterocycles. The first-order valence-corrected chi connectivity index (χ1v) is 9.42. The summed E-state index contributed by atoms with van der Waals surface area (Å²) in [4.78, 5) is 15.4. The number of ether oxygens (including phenoxy) is 1. The van der Waals surface area contributed by atoms with Crippen LogP contribution in [0.2, 0.25) is 0 Å². The maximum Gasteiger partial charge on any atom is 0.266 e. The lowest BCUT2D eigenvalue weighted by molar-refractivity contribution is 0.421. The van der Waals surface area contributed by atoms with Crippen molar-refractivity contribution in [1.82, 2.24) is 4.98 Å². The highest BCUT2D eigenvalue weighted by atomic mass is 32.1. The number of nitrogens with two attached hydrogens (primary N) is 1. The molecule has 4 aromatic rings. The highest BCUT2D eigenvalue weighted by Gasteiger charge is 2.16. The van der Waals surface area contributed by atoms with E-state index in [1.807, 2.05) is 17.5 Å².